The van der Waals surface area contributed by atoms with E-state index in [9.17, 15) is 9.50 Å². The Morgan fingerprint density at radius 2 is 2.05 bits per heavy atom. The molecule has 1 aliphatic heterocycles. The molecule has 20 heavy (non-hydrogen) atoms. The summed E-state index contributed by atoms with van der Waals surface area (Å²) in [6, 6.07) is 3.00. The number of benzene rings is 1. The molecule has 2 aliphatic rings. The Labute approximate surface area is 127 Å². The van der Waals surface area contributed by atoms with Crippen LogP contribution in [0, 0.1) is 11.7 Å². The number of rotatable bonds is 4. The fourth-order valence-electron chi connectivity index (χ4n) is 2.99. The normalized spacial score (nSPS) is 21.9. The van der Waals surface area contributed by atoms with Crippen molar-refractivity contribution in [1.82, 2.24) is 10.2 Å². The summed E-state index contributed by atoms with van der Waals surface area (Å²) < 4.78 is 14.9. The van der Waals surface area contributed by atoms with E-state index in [4.69, 9.17) is 0 Å². The molecular weight excluding hydrogens is 323 g/mol. The number of aromatic hydroxyl groups is 1. The summed E-state index contributed by atoms with van der Waals surface area (Å²) >= 11 is 3.31. The third-order valence-corrected chi connectivity index (χ3v) is 4.93. The number of halogens is 2. The second-order valence-electron chi connectivity index (χ2n) is 5.77. The first-order valence-corrected chi connectivity index (χ1v) is 8.07. The Kier molecular flexibility index (Phi) is 4.29. The van der Waals surface area contributed by atoms with Gasteiger partial charge in [0.1, 0.15) is 11.6 Å². The topological polar surface area (TPSA) is 35.5 Å². The van der Waals surface area contributed by atoms with Crippen LogP contribution in [0.25, 0.3) is 0 Å². The molecule has 2 N–H and O–H groups in total. The van der Waals surface area contributed by atoms with Gasteiger partial charge in [0.2, 0.25) is 0 Å². The second kappa shape index (κ2) is 6.00. The molecule has 5 heteroatoms. The number of phenolic OH excluding ortho intramolecular Hbond substituents is 1. The molecule has 0 unspecified atom stereocenters. The Bertz CT molecular complexity index is 487. The molecule has 1 aromatic rings. The maximum Gasteiger partial charge on any atom is 0.137 e. The predicted octanol–water partition coefficient (Wildman–Crippen LogP) is 3.04. The van der Waals surface area contributed by atoms with Crippen molar-refractivity contribution in [3.8, 4) is 5.75 Å². The summed E-state index contributed by atoms with van der Waals surface area (Å²) in [4.78, 5) is 2.30. The van der Waals surface area contributed by atoms with Gasteiger partial charge < -0.3 is 10.4 Å². The monoisotopic (exact) mass is 342 g/mol. The van der Waals surface area contributed by atoms with Gasteiger partial charge >= 0.3 is 0 Å². The van der Waals surface area contributed by atoms with Gasteiger partial charge in [0.25, 0.3) is 0 Å². The van der Waals surface area contributed by atoms with Crippen LogP contribution in [0.1, 0.15) is 30.9 Å². The summed E-state index contributed by atoms with van der Waals surface area (Å²) in [5, 5.41) is 13.6. The number of hydrogen-bond acceptors (Lipinski definition) is 3. The first kappa shape index (κ1) is 14.3. The Balaban J connectivity index is 1.93. The SMILES string of the molecule is Oc1c(Br)ccc(F)c1[C@@H](CC1CC1)N1CCNCC1. The molecule has 0 bridgehead atoms. The standard InChI is InChI=1S/C15H20BrFN2O/c16-11-3-4-12(17)14(15(11)20)13(9-10-1-2-10)19-7-5-18-6-8-19/h3-4,10,13,18,20H,1-2,5-9H2/t13-/m1/s1. The van der Waals surface area contributed by atoms with E-state index in [2.05, 4.69) is 26.1 Å². The smallest absolute Gasteiger partial charge is 0.137 e. The molecule has 1 atom stereocenters. The fourth-order valence-corrected chi connectivity index (χ4v) is 3.33. The predicted molar refractivity (Wildman–Crippen MR) is 80.3 cm³/mol. The van der Waals surface area contributed by atoms with Crippen molar-refractivity contribution >= 4 is 15.9 Å². The Hall–Kier alpha value is -0.650. The highest BCUT2D eigenvalue weighted by molar-refractivity contribution is 9.10. The summed E-state index contributed by atoms with van der Waals surface area (Å²) in [6.45, 7) is 3.67. The molecule has 1 aromatic carbocycles. The highest BCUT2D eigenvalue weighted by atomic mass is 79.9. The van der Waals surface area contributed by atoms with Crippen LogP contribution in [0.4, 0.5) is 4.39 Å². The molecule has 0 amide bonds. The molecule has 1 aliphatic carbocycles. The van der Waals surface area contributed by atoms with Crippen LogP contribution in [-0.4, -0.2) is 36.2 Å². The number of piperazine rings is 1. The average molecular weight is 343 g/mol. The van der Waals surface area contributed by atoms with Gasteiger partial charge in [-0.2, -0.15) is 0 Å². The van der Waals surface area contributed by atoms with Crippen molar-refractivity contribution in [3.63, 3.8) is 0 Å². The van der Waals surface area contributed by atoms with Crippen LogP contribution in [0.2, 0.25) is 0 Å². The lowest BCUT2D eigenvalue weighted by Gasteiger charge is -2.36. The van der Waals surface area contributed by atoms with E-state index in [1.165, 1.54) is 18.9 Å². The zero-order valence-corrected chi connectivity index (χ0v) is 13.0. The number of phenols is 1. The maximum atomic E-state index is 14.3. The van der Waals surface area contributed by atoms with Crippen LogP contribution < -0.4 is 5.32 Å². The second-order valence-corrected chi connectivity index (χ2v) is 6.63. The molecule has 1 heterocycles. The van der Waals surface area contributed by atoms with E-state index in [1.54, 1.807) is 6.07 Å². The minimum absolute atomic E-state index is 0.0119. The summed E-state index contributed by atoms with van der Waals surface area (Å²) in [6.07, 6.45) is 3.42. The van der Waals surface area contributed by atoms with Crippen LogP contribution in [0.5, 0.6) is 5.75 Å². The summed E-state index contributed by atoms with van der Waals surface area (Å²) in [5.74, 6) is 0.455. The van der Waals surface area contributed by atoms with Gasteiger partial charge in [-0.05, 0) is 40.4 Å². The number of nitrogens with zero attached hydrogens (tertiary/aromatic N) is 1. The third kappa shape index (κ3) is 3.00. The molecule has 110 valence electrons. The van der Waals surface area contributed by atoms with Crippen LogP contribution >= 0.6 is 15.9 Å². The van der Waals surface area contributed by atoms with Crippen molar-refractivity contribution < 1.29 is 9.50 Å². The van der Waals surface area contributed by atoms with E-state index in [-0.39, 0.29) is 17.6 Å². The first-order valence-electron chi connectivity index (χ1n) is 7.28. The van der Waals surface area contributed by atoms with E-state index in [1.807, 2.05) is 0 Å². The number of nitrogens with one attached hydrogen (secondary N) is 1. The number of hydrogen-bond donors (Lipinski definition) is 2. The Morgan fingerprint density at radius 3 is 2.70 bits per heavy atom. The first-order chi connectivity index (χ1) is 9.66. The lowest BCUT2D eigenvalue weighted by molar-refractivity contribution is 0.154. The third-order valence-electron chi connectivity index (χ3n) is 4.29. The molecule has 3 rings (SSSR count). The molecule has 0 aromatic heterocycles. The molecular formula is C15H20BrFN2O. The molecule has 1 saturated heterocycles. The molecule has 2 fully saturated rings. The van der Waals surface area contributed by atoms with Gasteiger partial charge in [-0.1, -0.05) is 12.8 Å². The molecule has 0 spiro atoms. The van der Waals surface area contributed by atoms with Gasteiger partial charge in [-0.15, -0.1) is 0 Å². The van der Waals surface area contributed by atoms with Crippen molar-refractivity contribution in [2.75, 3.05) is 26.2 Å². The lowest BCUT2D eigenvalue weighted by Crippen LogP contribution is -2.45. The van der Waals surface area contributed by atoms with Gasteiger partial charge in [-0.3, -0.25) is 4.90 Å². The van der Waals surface area contributed by atoms with Crippen LogP contribution in [0.3, 0.4) is 0 Å². The zero-order valence-electron chi connectivity index (χ0n) is 11.4. The van der Waals surface area contributed by atoms with Crippen molar-refractivity contribution in [1.29, 1.82) is 0 Å². The van der Waals surface area contributed by atoms with E-state index in [0.717, 1.165) is 32.6 Å². The van der Waals surface area contributed by atoms with Crippen molar-refractivity contribution in [2.45, 2.75) is 25.3 Å². The van der Waals surface area contributed by atoms with Crippen molar-refractivity contribution in [3.05, 3.63) is 28.0 Å². The average Bonchev–Trinajstić information content (AvgIpc) is 3.27. The Morgan fingerprint density at radius 1 is 1.35 bits per heavy atom. The molecule has 1 saturated carbocycles. The fraction of sp³-hybridized carbons (Fsp3) is 0.600. The van der Waals surface area contributed by atoms with E-state index >= 15 is 0 Å². The van der Waals surface area contributed by atoms with Gasteiger partial charge in [0.15, 0.2) is 0 Å². The largest absolute Gasteiger partial charge is 0.506 e. The molecule has 0 radical (unpaired) electrons. The van der Waals surface area contributed by atoms with Crippen LogP contribution in [-0.2, 0) is 0 Å². The maximum absolute atomic E-state index is 14.3. The van der Waals surface area contributed by atoms with Gasteiger partial charge in [0.05, 0.1) is 4.47 Å². The lowest BCUT2D eigenvalue weighted by atomic mass is 9.97. The van der Waals surface area contributed by atoms with Gasteiger partial charge in [-0.25, -0.2) is 4.39 Å². The van der Waals surface area contributed by atoms with Gasteiger partial charge in [0, 0.05) is 37.8 Å². The quantitative estimate of drug-likeness (QED) is 0.882. The summed E-state index contributed by atoms with van der Waals surface area (Å²) in [7, 11) is 0. The minimum atomic E-state index is -0.296. The zero-order chi connectivity index (χ0) is 14.1. The van der Waals surface area contributed by atoms with Crippen LogP contribution in [0.15, 0.2) is 16.6 Å². The highest BCUT2D eigenvalue weighted by Gasteiger charge is 2.33. The van der Waals surface area contributed by atoms with E-state index < -0.39 is 0 Å². The van der Waals surface area contributed by atoms with E-state index in [0.29, 0.717) is 16.0 Å². The van der Waals surface area contributed by atoms with Crippen molar-refractivity contribution in [2.24, 2.45) is 5.92 Å². The summed E-state index contributed by atoms with van der Waals surface area (Å²) in [5.41, 5.74) is 0.466. The molecule has 3 nitrogen and oxygen atoms in total. The minimum Gasteiger partial charge on any atom is -0.506 e. The highest BCUT2D eigenvalue weighted by Crippen LogP contribution is 2.44.